The van der Waals surface area contributed by atoms with Crippen molar-refractivity contribution < 1.29 is 24.2 Å². The summed E-state index contributed by atoms with van der Waals surface area (Å²) in [5.41, 5.74) is 2.49. The van der Waals surface area contributed by atoms with E-state index in [-0.39, 0.29) is 37.2 Å². The predicted molar refractivity (Wildman–Crippen MR) is 145 cm³/mol. The Morgan fingerprint density at radius 1 is 1.07 bits per heavy atom. The number of piperazine rings is 1. The van der Waals surface area contributed by atoms with E-state index in [1.165, 1.54) is 10.7 Å². The van der Waals surface area contributed by atoms with E-state index in [1.54, 1.807) is 41.6 Å². The molecule has 204 valence electrons. The minimum Gasteiger partial charge on any atom is -0.507 e. The number of amides is 3. The lowest BCUT2D eigenvalue weighted by Crippen LogP contribution is -2.48. The van der Waals surface area contributed by atoms with Crippen molar-refractivity contribution in [2.24, 2.45) is 0 Å². The van der Waals surface area contributed by atoms with E-state index in [4.69, 9.17) is 4.74 Å². The number of benzene rings is 2. The van der Waals surface area contributed by atoms with Crippen molar-refractivity contribution in [1.82, 2.24) is 30.6 Å². The third-order valence-corrected chi connectivity index (χ3v) is 6.03. The van der Waals surface area contributed by atoms with Crippen LogP contribution < -0.4 is 20.9 Å². The van der Waals surface area contributed by atoms with E-state index in [2.05, 4.69) is 31.2 Å². The zero-order chi connectivity index (χ0) is 27.9. The second-order valence-corrected chi connectivity index (χ2v) is 8.81. The van der Waals surface area contributed by atoms with Gasteiger partial charge in [0.2, 0.25) is 11.8 Å². The molecule has 2 aromatic carbocycles. The van der Waals surface area contributed by atoms with Gasteiger partial charge in [-0.3, -0.25) is 9.59 Å². The van der Waals surface area contributed by atoms with Crippen LogP contribution in [0.3, 0.4) is 0 Å². The topological polar surface area (TPSA) is 164 Å². The first-order chi connectivity index (χ1) is 19.5. The second-order valence-electron chi connectivity index (χ2n) is 8.81. The highest BCUT2D eigenvalue weighted by Gasteiger charge is 2.22. The molecule has 0 bridgehead atoms. The molecule has 4 N–H and O–H groups in total. The smallest absolute Gasteiger partial charge is 0.407 e. The summed E-state index contributed by atoms with van der Waals surface area (Å²) in [6.07, 6.45) is 2.43. The molecule has 3 heterocycles. The summed E-state index contributed by atoms with van der Waals surface area (Å²) < 4.78 is 6.59. The van der Waals surface area contributed by atoms with Crippen molar-refractivity contribution in [3.8, 4) is 22.7 Å². The van der Waals surface area contributed by atoms with Crippen LogP contribution in [-0.2, 0) is 20.9 Å². The number of nitrogens with one attached hydrogen (secondary N) is 3. The fourth-order valence-corrected chi connectivity index (χ4v) is 4.03. The molecule has 13 nitrogen and oxygen atoms in total. The molecular formula is C27H26N8O5. The zero-order valence-corrected chi connectivity index (χ0v) is 21.3. The van der Waals surface area contributed by atoms with Gasteiger partial charge in [-0.15, -0.1) is 10.2 Å². The Morgan fingerprint density at radius 2 is 1.88 bits per heavy atom. The van der Waals surface area contributed by atoms with Gasteiger partial charge in [0.1, 0.15) is 24.6 Å². The number of para-hydroxylation sites is 1. The number of phenolic OH excluding ortho intramolecular Hbond substituents is 1. The Bertz CT molecular complexity index is 1520. The van der Waals surface area contributed by atoms with Crippen LogP contribution in [-0.4, -0.2) is 69.2 Å². The Balaban J connectivity index is 1.34. The molecule has 13 heteroatoms. The number of ether oxygens (including phenoxy) is 1. The fraction of sp³-hybridized carbons (Fsp3) is 0.185. The van der Waals surface area contributed by atoms with Crippen molar-refractivity contribution in [2.45, 2.75) is 6.61 Å². The number of anilines is 2. The summed E-state index contributed by atoms with van der Waals surface area (Å²) in [6, 6.07) is 17.4. The molecular weight excluding hydrogens is 516 g/mol. The Morgan fingerprint density at radius 3 is 2.67 bits per heavy atom. The van der Waals surface area contributed by atoms with Crippen LogP contribution in [0.2, 0.25) is 0 Å². The summed E-state index contributed by atoms with van der Waals surface area (Å²) in [5, 5.41) is 31.1. The third-order valence-electron chi connectivity index (χ3n) is 6.03. The molecule has 2 aromatic heterocycles. The van der Waals surface area contributed by atoms with Crippen LogP contribution in [0.25, 0.3) is 16.9 Å². The molecule has 0 spiro atoms. The number of nitrogens with zero attached hydrogens (tertiary/aromatic N) is 5. The minimum atomic E-state index is -0.752. The normalized spacial score (nSPS) is 13.1. The van der Waals surface area contributed by atoms with Gasteiger partial charge in [-0.05, 0) is 23.8 Å². The largest absolute Gasteiger partial charge is 0.507 e. The number of rotatable bonds is 8. The van der Waals surface area contributed by atoms with Crippen molar-refractivity contribution in [3.05, 3.63) is 78.6 Å². The van der Waals surface area contributed by atoms with Gasteiger partial charge in [0.25, 0.3) is 0 Å². The molecule has 4 aromatic rings. The lowest BCUT2D eigenvalue weighted by Gasteiger charge is -2.25. The van der Waals surface area contributed by atoms with Gasteiger partial charge in [0, 0.05) is 18.7 Å². The third kappa shape index (κ3) is 6.22. The van der Waals surface area contributed by atoms with Gasteiger partial charge >= 0.3 is 6.09 Å². The van der Waals surface area contributed by atoms with Crippen LogP contribution in [0.15, 0.2) is 73.1 Å². The molecule has 1 saturated heterocycles. The van der Waals surface area contributed by atoms with Crippen molar-refractivity contribution in [1.29, 1.82) is 0 Å². The maximum absolute atomic E-state index is 12.7. The number of hydrogen-bond acceptors (Lipinski definition) is 9. The molecule has 3 amide bonds. The number of aromatic nitrogens is 4. The average molecular weight is 543 g/mol. The Hall–Kier alpha value is -5.30. The summed E-state index contributed by atoms with van der Waals surface area (Å²) >= 11 is 0. The molecule has 40 heavy (non-hydrogen) atoms. The number of aromatic hydroxyl groups is 1. The molecule has 1 aliphatic rings. The standard InChI is InChI=1S/C27H26N8O5/c36-23-9-5-4-8-20(23)21-12-22(35-16-19(13-30-35)34-11-10-28-15-25(34)38)26(33-32-21)31-24(37)14-29-27(39)40-17-18-6-2-1-3-7-18/h1-9,12-13,16,28,36H,10-11,14-15,17H2,(H,29,39)(H,31,33,37). The average Bonchev–Trinajstić information content (AvgIpc) is 3.46. The molecule has 0 saturated carbocycles. The minimum absolute atomic E-state index is 0.00492. The Kier molecular flexibility index (Phi) is 7.92. The van der Waals surface area contributed by atoms with E-state index in [9.17, 15) is 19.5 Å². The summed E-state index contributed by atoms with van der Waals surface area (Å²) in [4.78, 5) is 38.7. The maximum atomic E-state index is 12.7. The van der Waals surface area contributed by atoms with Gasteiger partial charge < -0.3 is 30.7 Å². The molecule has 0 aliphatic carbocycles. The van der Waals surface area contributed by atoms with Crippen LogP contribution in [0, 0.1) is 0 Å². The number of phenols is 1. The van der Waals surface area contributed by atoms with Gasteiger partial charge in [-0.1, -0.05) is 42.5 Å². The molecule has 0 radical (unpaired) electrons. The monoisotopic (exact) mass is 542 g/mol. The Labute approximate surface area is 228 Å². The summed E-state index contributed by atoms with van der Waals surface area (Å²) in [7, 11) is 0. The fourth-order valence-electron chi connectivity index (χ4n) is 4.03. The van der Waals surface area contributed by atoms with Crippen molar-refractivity contribution in [3.63, 3.8) is 0 Å². The SMILES string of the molecule is O=C(CNC(=O)OCc1ccccc1)Nc1nnc(-c2ccccc2O)cc1-n1cc(N2CCNCC2=O)cn1. The zero-order valence-electron chi connectivity index (χ0n) is 21.3. The van der Waals surface area contributed by atoms with E-state index < -0.39 is 12.0 Å². The highest BCUT2D eigenvalue weighted by molar-refractivity contribution is 5.96. The number of carbonyl (C=O) groups is 3. The van der Waals surface area contributed by atoms with E-state index in [1.807, 2.05) is 30.3 Å². The van der Waals surface area contributed by atoms with Crippen LogP contribution in [0.1, 0.15) is 5.56 Å². The van der Waals surface area contributed by atoms with Gasteiger partial charge in [0.15, 0.2) is 5.82 Å². The summed E-state index contributed by atoms with van der Waals surface area (Å²) in [5.74, 6) is -0.602. The first-order valence-corrected chi connectivity index (χ1v) is 12.4. The first-order valence-electron chi connectivity index (χ1n) is 12.4. The quantitative estimate of drug-likeness (QED) is 0.260. The predicted octanol–water partition coefficient (Wildman–Crippen LogP) is 1.84. The van der Waals surface area contributed by atoms with E-state index in [0.29, 0.717) is 35.7 Å². The van der Waals surface area contributed by atoms with Gasteiger partial charge in [-0.25, -0.2) is 9.48 Å². The highest BCUT2D eigenvalue weighted by Crippen LogP contribution is 2.30. The summed E-state index contributed by atoms with van der Waals surface area (Å²) in [6.45, 7) is 1.04. The molecule has 5 rings (SSSR count). The first kappa shape index (κ1) is 26.3. The molecule has 1 aliphatic heterocycles. The van der Waals surface area contributed by atoms with E-state index in [0.717, 1.165) is 5.56 Å². The van der Waals surface area contributed by atoms with Crippen LogP contribution >= 0.6 is 0 Å². The molecule has 0 unspecified atom stereocenters. The van der Waals surface area contributed by atoms with Gasteiger partial charge in [-0.2, -0.15) is 5.10 Å². The molecule has 0 atom stereocenters. The van der Waals surface area contributed by atoms with Crippen molar-refractivity contribution in [2.75, 3.05) is 36.4 Å². The molecule has 1 fully saturated rings. The number of hydrogen-bond donors (Lipinski definition) is 4. The second kappa shape index (κ2) is 12.0. The van der Waals surface area contributed by atoms with Crippen LogP contribution in [0.4, 0.5) is 16.3 Å². The maximum Gasteiger partial charge on any atom is 0.407 e. The van der Waals surface area contributed by atoms with Crippen molar-refractivity contribution >= 4 is 29.4 Å². The van der Waals surface area contributed by atoms with Gasteiger partial charge in [0.05, 0.1) is 30.3 Å². The lowest BCUT2D eigenvalue weighted by atomic mass is 10.1. The highest BCUT2D eigenvalue weighted by atomic mass is 16.5. The van der Waals surface area contributed by atoms with E-state index >= 15 is 0 Å². The van der Waals surface area contributed by atoms with Crippen LogP contribution in [0.5, 0.6) is 5.75 Å². The number of alkyl carbamates (subject to hydrolysis) is 1. The lowest BCUT2D eigenvalue weighted by molar-refractivity contribution is -0.118. The number of carbonyl (C=O) groups excluding carboxylic acids is 3.